The molecule has 6 nitrogen and oxygen atoms in total. The molecule has 1 heterocycles. The molecule has 1 amide bonds. The zero-order valence-electron chi connectivity index (χ0n) is 19.3. The standard InChI is InChI=1S/C27H31NO5/c1-3-33-22-11-6-10-20(17-22)24-23(26(30)27(31)28(24)14-7-15-32-2)25(29)21-13-12-18-8-4-5-9-19(18)16-21/h6,10-13,16-17,24,29H,3-5,7-9,14-15H2,1-2H3/b25-23-. The zero-order chi connectivity index (χ0) is 23.4. The van der Waals surface area contributed by atoms with Crippen molar-refractivity contribution < 1.29 is 24.2 Å². The summed E-state index contributed by atoms with van der Waals surface area (Å²) >= 11 is 0. The van der Waals surface area contributed by atoms with Crippen LogP contribution in [0, 0.1) is 0 Å². The summed E-state index contributed by atoms with van der Waals surface area (Å²) in [5.41, 5.74) is 3.93. The van der Waals surface area contributed by atoms with E-state index in [-0.39, 0.29) is 11.3 Å². The van der Waals surface area contributed by atoms with Crippen molar-refractivity contribution in [3.8, 4) is 5.75 Å². The predicted molar refractivity (Wildman–Crippen MR) is 126 cm³/mol. The van der Waals surface area contributed by atoms with Crippen LogP contribution in [0.5, 0.6) is 5.75 Å². The number of aliphatic hydroxyl groups excluding tert-OH is 1. The summed E-state index contributed by atoms with van der Waals surface area (Å²) in [5.74, 6) is -0.721. The number of aryl methyl sites for hydroxylation is 2. The first-order valence-electron chi connectivity index (χ1n) is 11.7. The van der Waals surface area contributed by atoms with Gasteiger partial charge in [-0.3, -0.25) is 9.59 Å². The van der Waals surface area contributed by atoms with Gasteiger partial charge in [-0.25, -0.2) is 0 Å². The van der Waals surface area contributed by atoms with Gasteiger partial charge in [-0.2, -0.15) is 0 Å². The van der Waals surface area contributed by atoms with Crippen molar-refractivity contribution >= 4 is 17.4 Å². The number of Topliss-reactive ketones (excluding diaryl/α,β-unsaturated/α-hetero) is 1. The quantitative estimate of drug-likeness (QED) is 0.279. The maximum absolute atomic E-state index is 13.2. The lowest BCUT2D eigenvalue weighted by atomic mass is 9.88. The number of fused-ring (bicyclic) bond motifs is 1. The molecule has 2 aliphatic rings. The van der Waals surface area contributed by atoms with Gasteiger partial charge in [-0.1, -0.05) is 24.3 Å². The Labute approximate surface area is 194 Å². The van der Waals surface area contributed by atoms with Gasteiger partial charge in [-0.05, 0) is 73.9 Å². The lowest BCUT2D eigenvalue weighted by Crippen LogP contribution is -2.31. The highest BCUT2D eigenvalue weighted by molar-refractivity contribution is 6.46. The fourth-order valence-electron chi connectivity index (χ4n) is 4.81. The van der Waals surface area contributed by atoms with Crippen LogP contribution in [0.2, 0.25) is 0 Å². The summed E-state index contributed by atoms with van der Waals surface area (Å²) in [4.78, 5) is 27.7. The summed E-state index contributed by atoms with van der Waals surface area (Å²) in [6.45, 7) is 3.23. The normalized spacial score (nSPS) is 19.6. The van der Waals surface area contributed by atoms with Gasteiger partial charge in [0, 0.05) is 25.8 Å². The fourth-order valence-corrected chi connectivity index (χ4v) is 4.81. The van der Waals surface area contributed by atoms with Crippen molar-refractivity contribution in [2.75, 3.05) is 26.9 Å². The molecular weight excluding hydrogens is 418 g/mol. The molecule has 0 saturated carbocycles. The average Bonchev–Trinajstić information content (AvgIpc) is 3.09. The highest BCUT2D eigenvalue weighted by Gasteiger charge is 2.46. The number of benzene rings is 2. The van der Waals surface area contributed by atoms with Crippen molar-refractivity contribution in [2.45, 2.75) is 45.1 Å². The number of aliphatic hydroxyl groups is 1. The highest BCUT2D eigenvalue weighted by Crippen LogP contribution is 2.40. The maximum Gasteiger partial charge on any atom is 0.295 e. The van der Waals surface area contributed by atoms with E-state index in [9.17, 15) is 14.7 Å². The molecule has 6 heteroatoms. The van der Waals surface area contributed by atoms with Gasteiger partial charge in [0.05, 0.1) is 18.2 Å². The van der Waals surface area contributed by atoms with Gasteiger partial charge < -0.3 is 19.5 Å². The van der Waals surface area contributed by atoms with Crippen LogP contribution in [0.25, 0.3) is 5.76 Å². The summed E-state index contributed by atoms with van der Waals surface area (Å²) < 4.78 is 10.8. The third-order valence-electron chi connectivity index (χ3n) is 6.39. The first-order chi connectivity index (χ1) is 16.0. The second-order valence-electron chi connectivity index (χ2n) is 8.53. The molecule has 4 rings (SSSR count). The number of hydrogen-bond donors (Lipinski definition) is 1. The van der Waals surface area contributed by atoms with Gasteiger partial charge in [0.15, 0.2) is 0 Å². The van der Waals surface area contributed by atoms with Crippen molar-refractivity contribution in [1.82, 2.24) is 4.90 Å². The smallest absolute Gasteiger partial charge is 0.295 e. The fraction of sp³-hybridized carbons (Fsp3) is 0.407. The van der Waals surface area contributed by atoms with Gasteiger partial charge in [0.2, 0.25) is 0 Å². The molecule has 1 N–H and O–H groups in total. The molecule has 1 atom stereocenters. The zero-order valence-corrected chi connectivity index (χ0v) is 19.3. The number of ether oxygens (including phenoxy) is 2. The van der Waals surface area contributed by atoms with Gasteiger partial charge >= 0.3 is 0 Å². The largest absolute Gasteiger partial charge is 0.507 e. The Hall–Kier alpha value is -3.12. The van der Waals surface area contributed by atoms with E-state index >= 15 is 0 Å². The lowest BCUT2D eigenvalue weighted by molar-refractivity contribution is -0.140. The van der Waals surface area contributed by atoms with Crippen molar-refractivity contribution in [2.24, 2.45) is 0 Å². The van der Waals surface area contributed by atoms with E-state index in [2.05, 4.69) is 0 Å². The highest BCUT2D eigenvalue weighted by atomic mass is 16.5. The number of methoxy groups -OCH3 is 1. The van der Waals surface area contributed by atoms with Crippen LogP contribution < -0.4 is 4.74 Å². The summed E-state index contributed by atoms with van der Waals surface area (Å²) in [7, 11) is 1.60. The molecule has 0 bridgehead atoms. The molecule has 174 valence electrons. The predicted octanol–water partition coefficient (Wildman–Crippen LogP) is 4.42. The minimum Gasteiger partial charge on any atom is -0.507 e. The molecule has 1 aliphatic heterocycles. The van der Waals surface area contributed by atoms with Crippen LogP contribution in [-0.4, -0.2) is 48.6 Å². The number of carbonyl (C=O) groups is 2. The van der Waals surface area contributed by atoms with Crippen molar-refractivity contribution in [1.29, 1.82) is 0 Å². The van der Waals surface area contributed by atoms with Gasteiger partial charge in [0.1, 0.15) is 11.5 Å². The number of carbonyl (C=O) groups excluding carboxylic acids is 2. The Morgan fingerprint density at radius 1 is 1.09 bits per heavy atom. The molecule has 1 aliphatic carbocycles. The number of rotatable bonds is 8. The van der Waals surface area contributed by atoms with E-state index in [0.717, 1.165) is 24.8 Å². The van der Waals surface area contributed by atoms with E-state index < -0.39 is 17.7 Å². The lowest BCUT2D eigenvalue weighted by Gasteiger charge is -2.25. The number of hydrogen-bond acceptors (Lipinski definition) is 5. The molecule has 0 aromatic heterocycles. The first-order valence-corrected chi connectivity index (χ1v) is 11.7. The van der Waals surface area contributed by atoms with E-state index in [1.54, 1.807) is 7.11 Å². The molecule has 1 fully saturated rings. The van der Waals surface area contributed by atoms with Crippen LogP contribution in [0.3, 0.4) is 0 Å². The SMILES string of the molecule is CCOc1cccc(C2/C(=C(/O)c3ccc4c(c3)CCCC4)C(=O)C(=O)N2CCCOC)c1. The second-order valence-corrected chi connectivity index (χ2v) is 8.53. The molecule has 1 unspecified atom stereocenters. The minimum absolute atomic E-state index is 0.122. The maximum atomic E-state index is 13.2. The minimum atomic E-state index is -0.682. The Bertz CT molecular complexity index is 1070. The van der Waals surface area contributed by atoms with Gasteiger partial charge in [0.25, 0.3) is 11.7 Å². The number of ketones is 1. The van der Waals surface area contributed by atoms with Crippen LogP contribution in [0.15, 0.2) is 48.0 Å². The Kier molecular flexibility index (Phi) is 7.14. The topological polar surface area (TPSA) is 76.1 Å². The van der Waals surface area contributed by atoms with E-state index in [0.29, 0.717) is 37.5 Å². The molecule has 0 spiro atoms. The molecule has 33 heavy (non-hydrogen) atoms. The summed E-state index contributed by atoms with van der Waals surface area (Å²) in [6, 6.07) is 12.6. The monoisotopic (exact) mass is 449 g/mol. The molecule has 0 radical (unpaired) electrons. The molecule has 1 saturated heterocycles. The van der Waals surface area contributed by atoms with Crippen molar-refractivity contribution in [3.05, 3.63) is 70.3 Å². The number of likely N-dealkylation sites (tertiary alicyclic amines) is 1. The van der Waals surface area contributed by atoms with Crippen LogP contribution in [0.1, 0.15) is 54.5 Å². The Morgan fingerprint density at radius 2 is 1.88 bits per heavy atom. The number of amides is 1. The number of nitrogens with zero attached hydrogens (tertiary/aromatic N) is 1. The van der Waals surface area contributed by atoms with Crippen LogP contribution in [0.4, 0.5) is 0 Å². The van der Waals surface area contributed by atoms with Crippen molar-refractivity contribution in [3.63, 3.8) is 0 Å². The Morgan fingerprint density at radius 3 is 2.64 bits per heavy atom. The molecule has 2 aromatic rings. The Balaban J connectivity index is 1.80. The third kappa shape index (κ3) is 4.67. The second kappa shape index (κ2) is 10.2. The van der Waals surface area contributed by atoms with Crippen LogP contribution in [-0.2, 0) is 27.2 Å². The first kappa shape index (κ1) is 23.1. The van der Waals surface area contributed by atoms with Gasteiger partial charge in [-0.15, -0.1) is 0 Å². The summed E-state index contributed by atoms with van der Waals surface area (Å²) in [6.07, 6.45) is 4.86. The molecule has 2 aromatic carbocycles. The van der Waals surface area contributed by atoms with Crippen LogP contribution >= 0.6 is 0 Å². The van der Waals surface area contributed by atoms with E-state index in [1.807, 2.05) is 49.4 Å². The summed E-state index contributed by atoms with van der Waals surface area (Å²) in [5, 5.41) is 11.3. The third-order valence-corrected chi connectivity index (χ3v) is 6.39. The van der Waals surface area contributed by atoms with E-state index in [4.69, 9.17) is 9.47 Å². The average molecular weight is 450 g/mol. The van der Waals surface area contributed by atoms with E-state index in [1.165, 1.54) is 22.4 Å². The molecular formula is C27H31NO5.